The second-order valence-corrected chi connectivity index (χ2v) is 4.61. The molecule has 1 atom stereocenters. The molecule has 0 spiro atoms. The monoisotopic (exact) mass is 211 g/mol. The van der Waals surface area contributed by atoms with Gasteiger partial charge >= 0.3 is 0 Å². The Labute approximate surface area is 86.7 Å². The minimum atomic E-state index is 0.0160. The maximum absolute atomic E-state index is 11.8. The predicted octanol–water partition coefficient (Wildman–Crippen LogP) is 1.21. The first-order valence-electron chi connectivity index (χ1n) is 4.67. The normalized spacial score (nSPS) is 21.5. The van der Waals surface area contributed by atoms with Crippen molar-refractivity contribution in [1.29, 1.82) is 0 Å². The summed E-state index contributed by atoms with van der Waals surface area (Å²) in [5.41, 5.74) is 5.97. The molecule has 1 fully saturated rings. The Morgan fingerprint density at radius 1 is 1.79 bits per heavy atom. The van der Waals surface area contributed by atoms with E-state index in [4.69, 9.17) is 5.73 Å². The summed E-state index contributed by atoms with van der Waals surface area (Å²) < 4.78 is 0. The Morgan fingerprint density at radius 2 is 2.57 bits per heavy atom. The third-order valence-electron chi connectivity index (χ3n) is 2.45. The smallest absolute Gasteiger partial charge is 0.273 e. The van der Waals surface area contributed by atoms with E-state index >= 15 is 0 Å². The zero-order valence-corrected chi connectivity index (χ0v) is 8.88. The van der Waals surface area contributed by atoms with Crippen LogP contribution in [0.15, 0.2) is 5.38 Å². The van der Waals surface area contributed by atoms with Gasteiger partial charge in [0.15, 0.2) is 5.13 Å². The number of nitrogens with two attached hydrogens (primary N) is 1. The van der Waals surface area contributed by atoms with Crippen LogP contribution in [-0.2, 0) is 0 Å². The molecule has 0 aromatic carbocycles. The average Bonchev–Trinajstić information content (AvgIpc) is 2.73. The van der Waals surface area contributed by atoms with Crippen LogP contribution in [0.25, 0.3) is 0 Å². The Bertz CT molecular complexity index is 350. The summed E-state index contributed by atoms with van der Waals surface area (Å²) >= 11 is 1.31. The number of nitrogen functional groups attached to an aromatic ring is 1. The number of nitrogens with zero attached hydrogens (tertiary/aromatic N) is 2. The quantitative estimate of drug-likeness (QED) is 0.759. The largest absolute Gasteiger partial charge is 0.375 e. The molecule has 0 bridgehead atoms. The molecule has 1 unspecified atom stereocenters. The van der Waals surface area contributed by atoms with Crippen molar-refractivity contribution in [2.24, 2.45) is 5.92 Å². The molecule has 5 heteroatoms. The van der Waals surface area contributed by atoms with Crippen molar-refractivity contribution >= 4 is 22.4 Å². The van der Waals surface area contributed by atoms with E-state index in [9.17, 15) is 4.79 Å². The molecular formula is C9H13N3OS. The van der Waals surface area contributed by atoms with Gasteiger partial charge < -0.3 is 10.6 Å². The maximum Gasteiger partial charge on any atom is 0.273 e. The minimum Gasteiger partial charge on any atom is -0.375 e. The van der Waals surface area contributed by atoms with Crippen LogP contribution in [0.3, 0.4) is 0 Å². The van der Waals surface area contributed by atoms with E-state index in [1.807, 2.05) is 4.90 Å². The molecule has 2 N–H and O–H groups in total. The molecule has 14 heavy (non-hydrogen) atoms. The van der Waals surface area contributed by atoms with Gasteiger partial charge in [-0.15, -0.1) is 11.3 Å². The SMILES string of the molecule is CC1CCN(C(=O)c2csc(N)n2)C1. The molecule has 0 saturated carbocycles. The van der Waals surface area contributed by atoms with Gasteiger partial charge in [0.05, 0.1) is 0 Å². The molecule has 4 nitrogen and oxygen atoms in total. The summed E-state index contributed by atoms with van der Waals surface area (Å²) in [4.78, 5) is 17.7. The lowest BCUT2D eigenvalue weighted by molar-refractivity contribution is 0.0783. The van der Waals surface area contributed by atoms with Crippen LogP contribution >= 0.6 is 11.3 Å². The fourth-order valence-corrected chi connectivity index (χ4v) is 2.20. The van der Waals surface area contributed by atoms with Crippen molar-refractivity contribution in [3.05, 3.63) is 11.1 Å². The van der Waals surface area contributed by atoms with Crippen molar-refractivity contribution in [3.8, 4) is 0 Å². The van der Waals surface area contributed by atoms with Gasteiger partial charge in [-0.3, -0.25) is 4.79 Å². The van der Waals surface area contributed by atoms with Gasteiger partial charge in [0.25, 0.3) is 5.91 Å². The molecule has 0 aliphatic carbocycles. The van der Waals surface area contributed by atoms with Crippen LogP contribution in [0.2, 0.25) is 0 Å². The Hall–Kier alpha value is -1.10. The molecule has 0 radical (unpaired) electrons. The standard InChI is InChI=1S/C9H13N3OS/c1-6-2-3-12(4-6)8(13)7-5-14-9(10)11-7/h5-6H,2-4H2,1H3,(H2,10,11). The van der Waals surface area contributed by atoms with Crippen LogP contribution in [0.4, 0.5) is 5.13 Å². The predicted molar refractivity (Wildman–Crippen MR) is 56.2 cm³/mol. The molecule has 2 rings (SSSR count). The number of aromatic nitrogens is 1. The van der Waals surface area contributed by atoms with E-state index in [0.29, 0.717) is 16.7 Å². The molecule has 76 valence electrons. The molecule has 1 saturated heterocycles. The number of thiazole rings is 1. The van der Waals surface area contributed by atoms with Crippen molar-refractivity contribution in [1.82, 2.24) is 9.88 Å². The van der Waals surface area contributed by atoms with Gasteiger partial charge in [0.2, 0.25) is 0 Å². The van der Waals surface area contributed by atoms with Gasteiger partial charge in [-0.2, -0.15) is 0 Å². The Balaban J connectivity index is 2.09. The summed E-state index contributed by atoms with van der Waals surface area (Å²) in [5, 5.41) is 2.18. The van der Waals surface area contributed by atoms with Gasteiger partial charge in [0, 0.05) is 18.5 Å². The molecular weight excluding hydrogens is 198 g/mol. The first kappa shape index (κ1) is 9.45. The summed E-state index contributed by atoms with van der Waals surface area (Å²) in [7, 11) is 0. The number of rotatable bonds is 1. The molecule has 1 aromatic rings. The van der Waals surface area contributed by atoms with E-state index in [2.05, 4.69) is 11.9 Å². The summed E-state index contributed by atoms with van der Waals surface area (Å²) in [6, 6.07) is 0. The van der Waals surface area contributed by atoms with Crippen molar-refractivity contribution < 1.29 is 4.79 Å². The second kappa shape index (κ2) is 3.57. The van der Waals surface area contributed by atoms with Gasteiger partial charge in [-0.1, -0.05) is 6.92 Å². The summed E-state index contributed by atoms with van der Waals surface area (Å²) in [5.74, 6) is 0.622. The minimum absolute atomic E-state index is 0.0160. The molecule has 1 aromatic heterocycles. The summed E-state index contributed by atoms with van der Waals surface area (Å²) in [6.07, 6.45) is 1.09. The number of carbonyl (C=O) groups excluding carboxylic acids is 1. The van der Waals surface area contributed by atoms with E-state index in [-0.39, 0.29) is 5.91 Å². The van der Waals surface area contributed by atoms with E-state index in [0.717, 1.165) is 19.5 Å². The number of hydrogen-bond donors (Lipinski definition) is 1. The van der Waals surface area contributed by atoms with Crippen LogP contribution in [0.1, 0.15) is 23.8 Å². The van der Waals surface area contributed by atoms with Gasteiger partial charge in [-0.05, 0) is 12.3 Å². The molecule has 1 aliphatic heterocycles. The van der Waals surface area contributed by atoms with Crippen LogP contribution in [0.5, 0.6) is 0 Å². The lowest BCUT2D eigenvalue weighted by Crippen LogP contribution is -2.28. The lowest BCUT2D eigenvalue weighted by atomic mass is 10.2. The van der Waals surface area contributed by atoms with Crippen molar-refractivity contribution in [2.75, 3.05) is 18.8 Å². The lowest BCUT2D eigenvalue weighted by Gasteiger charge is -2.13. The van der Waals surface area contributed by atoms with Crippen LogP contribution < -0.4 is 5.73 Å². The number of amides is 1. The molecule has 1 aliphatic rings. The van der Waals surface area contributed by atoms with E-state index in [1.165, 1.54) is 11.3 Å². The topological polar surface area (TPSA) is 59.2 Å². The van der Waals surface area contributed by atoms with Crippen LogP contribution in [0, 0.1) is 5.92 Å². The number of likely N-dealkylation sites (tertiary alicyclic amines) is 1. The number of anilines is 1. The fraction of sp³-hybridized carbons (Fsp3) is 0.556. The maximum atomic E-state index is 11.8. The zero-order valence-electron chi connectivity index (χ0n) is 8.06. The highest BCUT2D eigenvalue weighted by molar-refractivity contribution is 7.13. The molecule has 1 amide bonds. The van der Waals surface area contributed by atoms with Crippen molar-refractivity contribution in [3.63, 3.8) is 0 Å². The fourth-order valence-electron chi connectivity index (χ4n) is 1.67. The van der Waals surface area contributed by atoms with Crippen LogP contribution in [-0.4, -0.2) is 28.9 Å². The first-order chi connectivity index (χ1) is 6.66. The third kappa shape index (κ3) is 1.72. The zero-order chi connectivity index (χ0) is 10.1. The number of carbonyl (C=O) groups is 1. The average molecular weight is 211 g/mol. The molecule has 2 heterocycles. The van der Waals surface area contributed by atoms with Crippen molar-refractivity contribution in [2.45, 2.75) is 13.3 Å². The summed E-state index contributed by atoms with van der Waals surface area (Å²) in [6.45, 7) is 3.84. The highest BCUT2D eigenvalue weighted by atomic mass is 32.1. The number of hydrogen-bond acceptors (Lipinski definition) is 4. The Kier molecular flexibility index (Phi) is 2.41. The highest BCUT2D eigenvalue weighted by Gasteiger charge is 2.25. The van der Waals surface area contributed by atoms with E-state index in [1.54, 1.807) is 5.38 Å². The first-order valence-corrected chi connectivity index (χ1v) is 5.55. The Morgan fingerprint density at radius 3 is 3.07 bits per heavy atom. The highest BCUT2D eigenvalue weighted by Crippen LogP contribution is 2.19. The third-order valence-corrected chi connectivity index (χ3v) is 3.13. The second-order valence-electron chi connectivity index (χ2n) is 3.72. The van der Waals surface area contributed by atoms with Gasteiger partial charge in [-0.25, -0.2) is 4.98 Å². The van der Waals surface area contributed by atoms with Gasteiger partial charge in [0.1, 0.15) is 5.69 Å². The van der Waals surface area contributed by atoms with E-state index < -0.39 is 0 Å².